The summed E-state index contributed by atoms with van der Waals surface area (Å²) < 4.78 is 5.67. The summed E-state index contributed by atoms with van der Waals surface area (Å²) in [5, 5.41) is 0. The maximum atomic E-state index is 5.80. The van der Waals surface area contributed by atoms with Crippen LogP contribution in [0.5, 0.6) is 0 Å². The van der Waals surface area contributed by atoms with Crippen molar-refractivity contribution in [3.8, 4) is 0 Å². The highest BCUT2D eigenvalue weighted by atomic mass is 16.5. The fourth-order valence-electron chi connectivity index (χ4n) is 2.58. The zero-order valence-corrected chi connectivity index (χ0v) is 12.0. The van der Waals surface area contributed by atoms with E-state index in [9.17, 15) is 0 Å². The lowest BCUT2D eigenvalue weighted by atomic mass is 10.1. The topological polar surface area (TPSA) is 51.4 Å². The van der Waals surface area contributed by atoms with Gasteiger partial charge in [0.1, 0.15) is 5.82 Å². The zero-order valence-electron chi connectivity index (χ0n) is 12.0. The Kier molecular flexibility index (Phi) is 5.16. The summed E-state index contributed by atoms with van der Waals surface area (Å²) in [6, 6.07) is 4.44. The Bertz CT molecular complexity index is 369. The van der Waals surface area contributed by atoms with Crippen LogP contribution in [0.3, 0.4) is 0 Å². The molecule has 0 saturated carbocycles. The van der Waals surface area contributed by atoms with Crippen LogP contribution in [0.2, 0.25) is 0 Å². The number of nitrogens with zero attached hydrogens (tertiary/aromatic N) is 2. The lowest BCUT2D eigenvalue weighted by Crippen LogP contribution is -2.37. The van der Waals surface area contributed by atoms with Gasteiger partial charge < -0.3 is 15.4 Å². The fraction of sp³-hybridized carbons (Fsp3) is 0.667. The smallest absolute Gasteiger partial charge is 0.128 e. The third-order valence-electron chi connectivity index (χ3n) is 3.54. The van der Waals surface area contributed by atoms with Gasteiger partial charge in [0.05, 0.1) is 6.10 Å². The molecule has 2 N–H and O–H groups in total. The number of hydrogen-bond donors (Lipinski definition) is 1. The van der Waals surface area contributed by atoms with Crippen LogP contribution in [0.1, 0.15) is 32.3 Å². The molecule has 4 nitrogen and oxygen atoms in total. The Hall–Kier alpha value is -1.13. The SMILES string of the molecule is CCOC1CCN(c2ccc(CC(C)N)cn2)CC1. The molecule has 0 spiro atoms. The molecule has 106 valence electrons. The highest BCUT2D eigenvalue weighted by Gasteiger charge is 2.19. The summed E-state index contributed by atoms with van der Waals surface area (Å²) >= 11 is 0. The van der Waals surface area contributed by atoms with Crippen molar-refractivity contribution in [2.24, 2.45) is 5.73 Å². The van der Waals surface area contributed by atoms with E-state index in [0.29, 0.717) is 6.10 Å². The van der Waals surface area contributed by atoms with Gasteiger partial charge in [-0.2, -0.15) is 0 Å². The third kappa shape index (κ3) is 4.18. The summed E-state index contributed by atoms with van der Waals surface area (Å²) in [6.07, 6.45) is 5.46. The number of piperidine rings is 1. The average Bonchev–Trinajstić information content (AvgIpc) is 2.40. The van der Waals surface area contributed by atoms with Crippen molar-refractivity contribution < 1.29 is 4.74 Å². The molecule has 0 aromatic carbocycles. The molecule has 1 aliphatic heterocycles. The highest BCUT2D eigenvalue weighted by molar-refractivity contribution is 5.39. The molecule has 0 aliphatic carbocycles. The number of hydrogen-bond acceptors (Lipinski definition) is 4. The van der Waals surface area contributed by atoms with E-state index >= 15 is 0 Å². The number of nitrogens with two attached hydrogens (primary N) is 1. The first-order valence-corrected chi connectivity index (χ1v) is 7.26. The highest BCUT2D eigenvalue weighted by Crippen LogP contribution is 2.19. The van der Waals surface area contributed by atoms with Gasteiger partial charge in [0.25, 0.3) is 0 Å². The molecule has 0 radical (unpaired) electrons. The molecule has 4 heteroatoms. The van der Waals surface area contributed by atoms with Gasteiger partial charge in [0, 0.05) is 31.9 Å². The van der Waals surface area contributed by atoms with Crippen molar-refractivity contribution in [1.29, 1.82) is 0 Å². The molecule has 2 rings (SSSR count). The summed E-state index contributed by atoms with van der Waals surface area (Å²) in [5.41, 5.74) is 7.01. The average molecular weight is 263 g/mol. The minimum atomic E-state index is 0.189. The summed E-state index contributed by atoms with van der Waals surface area (Å²) in [5.74, 6) is 1.07. The van der Waals surface area contributed by atoms with Gasteiger partial charge in [-0.25, -0.2) is 4.98 Å². The van der Waals surface area contributed by atoms with E-state index in [4.69, 9.17) is 10.5 Å². The fourth-order valence-corrected chi connectivity index (χ4v) is 2.58. The quantitative estimate of drug-likeness (QED) is 0.882. The van der Waals surface area contributed by atoms with Crippen LogP contribution in [0, 0.1) is 0 Å². The van der Waals surface area contributed by atoms with Crippen LogP contribution >= 0.6 is 0 Å². The summed E-state index contributed by atoms with van der Waals surface area (Å²) in [7, 11) is 0. The van der Waals surface area contributed by atoms with Crippen molar-refractivity contribution in [2.45, 2.75) is 45.3 Å². The standard InChI is InChI=1S/C15H25N3O/c1-3-19-14-6-8-18(9-7-14)15-5-4-13(11-17-15)10-12(2)16/h4-5,11-12,14H,3,6-10,16H2,1-2H3. The van der Waals surface area contributed by atoms with Crippen LogP contribution in [0.15, 0.2) is 18.3 Å². The van der Waals surface area contributed by atoms with Crippen LogP contribution in [0.25, 0.3) is 0 Å². The van der Waals surface area contributed by atoms with E-state index in [1.165, 1.54) is 5.56 Å². The van der Waals surface area contributed by atoms with E-state index in [-0.39, 0.29) is 6.04 Å². The van der Waals surface area contributed by atoms with Crippen molar-refractivity contribution in [3.63, 3.8) is 0 Å². The van der Waals surface area contributed by atoms with E-state index in [2.05, 4.69) is 28.9 Å². The van der Waals surface area contributed by atoms with Crippen molar-refractivity contribution in [1.82, 2.24) is 4.98 Å². The van der Waals surface area contributed by atoms with Gasteiger partial charge in [-0.05, 0) is 44.7 Å². The van der Waals surface area contributed by atoms with E-state index in [0.717, 1.165) is 44.8 Å². The molecule has 1 saturated heterocycles. The Morgan fingerprint density at radius 3 is 2.68 bits per heavy atom. The lowest BCUT2D eigenvalue weighted by Gasteiger charge is -2.32. The van der Waals surface area contributed by atoms with Gasteiger partial charge in [-0.15, -0.1) is 0 Å². The molecule has 2 heterocycles. The summed E-state index contributed by atoms with van der Waals surface area (Å²) in [4.78, 5) is 6.89. The zero-order chi connectivity index (χ0) is 13.7. The maximum Gasteiger partial charge on any atom is 0.128 e. The van der Waals surface area contributed by atoms with Crippen LogP contribution < -0.4 is 10.6 Å². The molecular weight excluding hydrogens is 238 g/mol. The molecule has 0 bridgehead atoms. The molecule has 1 atom stereocenters. The third-order valence-corrected chi connectivity index (χ3v) is 3.54. The van der Waals surface area contributed by atoms with Crippen LogP contribution in [0.4, 0.5) is 5.82 Å². The second-order valence-corrected chi connectivity index (χ2v) is 5.35. The molecule has 1 unspecified atom stereocenters. The number of aromatic nitrogens is 1. The summed E-state index contributed by atoms with van der Waals surface area (Å²) in [6.45, 7) is 6.96. The first-order valence-electron chi connectivity index (χ1n) is 7.26. The van der Waals surface area contributed by atoms with Crippen LogP contribution in [-0.2, 0) is 11.2 Å². The molecule has 1 aliphatic rings. The molecular formula is C15H25N3O. The second kappa shape index (κ2) is 6.87. The van der Waals surface area contributed by atoms with E-state index in [1.807, 2.05) is 13.1 Å². The number of anilines is 1. The van der Waals surface area contributed by atoms with Gasteiger partial charge in [0.15, 0.2) is 0 Å². The minimum Gasteiger partial charge on any atom is -0.378 e. The van der Waals surface area contributed by atoms with E-state index < -0.39 is 0 Å². The van der Waals surface area contributed by atoms with Gasteiger partial charge >= 0.3 is 0 Å². The van der Waals surface area contributed by atoms with Crippen molar-refractivity contribution >= 4 is 5.82 Å². The molecule has 1 fully saturated rings. The van der Waals surface area contributed by atoms with Crippen LogP contribution in [-0.4, -0.2) is 36.8 Å². The first kappa shape index (κ1) is 14.3. The predicted molar refractivity (Wildman–Crippen MR) is 78.5 cm³/mol. The van der Waals surface area contributed by atoms with E-state index in [1.54, 1.807) is 0 Å². The number of ether oxygens (including phenoxy) is 1. The Balaban J connectivity index is 1.89. The number of pyridine rings is 1. The Morgan fingerprint density at radius 2 is 2.16 bits per heavy atom. The predicted octanol–water partition coefficient (Wildman–Crippen LogP) is 1.98. The first-order chi connectivity index (χ1) is 9.19. The van der Waals surface area contributed by atoms with Gasteiger partial charge in [-0.1, -0.05) is 6.07 Å². The monoisotopic (exact) mass is 263 g/mol. The molecule has 19 heavy (non-hydrogen) atoms. The van der Waals surface area contributed by atoms with Gasteiger partial charge in [0.2, 0.25) is 0 Å². The molecule has 0 amide bonds. The maximum absolute atomic E-state index is 5.80. The Labute approximate surface area is 116 Å². The largest absolute Gasteiger partial charge is 0.378 e. The van der Waals surface area contributed by atoms with Crippen molar-refractivity contribution in [2.75, 3.05) is 24.6 Å². The Morgan fingerprint density at radius 1 is 1.42 bits per heavy atom. The van der Waals surface area contributed by atoms with Gasteiger partial charge in [-0.3, -0.25) is 0 Å². The van der Waals surface area contributed by atoms with Crippen molar-refractivity contribution in [3.05, 3.63) is 23.9 Å². The second-order valence-electron chi connectivity index (χ2n) is 5.35. The number of rotatable bonds is 5. The molecule has 1 aromatic heterocycles. The lowest BCUT2D eigenvalue weighted by molar-refractivity contribution is 0.0458. The normalized spacial score (nSPS) is 18.6. The minimum absolute atomic E-state index is 0.189. The molecule has 1 aromatic rings.